The molecule has 0 radical (unpaired) electrons. The maximum atomic E-state index is 5.30. The van der Waals surface area contributed by atoms with Crippen molar-refractivity contribution in [2.24, 2.45) is 0 Å². The highest BCUT2D eigenvalue weighted by atomic mass is 79.9. The zero-order chi connectivity index (χ0) is 61.3. The number of halogens is 1. The van der Waals surface area contributed by atoms with E-state index in [0.29, 0.717) is 11.9 Å². The first-order valence-electron chi connectivity index (χ1n) is 31.3. The van der Waals surface area contributed by atoms with Gasteiger partial charge in [-0.05, 0) is 108 Å². The van der Waals surface area contributed by atoms with Gasteiger partial charge in [0.2, 0.25) is 11.9 Å². The minimum Gasteiger partial charge on any atom is -0.309 e. The number of hydrogen-bond donors (Lipinski definition) is 0. The van der Waals surface area contributed by atoms with Crippen LogP contribution in [0.3, 0.4) is 0 Å². The summed E-state index contributed by atoms with van der Waals surface area (Å²) >= 11 is 3.79. The van der Waals surface area contributed by atoms with Crippen molar-refractivity contribution in [1.29, 1.82) is 0 Å². The molecule has 0 N–H and O–H groups in total. The summed E-state index contributed by atoms with van der Waals surface area (Å²) in [5, 5.41) is 16.7. The van der Waals surface area contributed by atoms with Crippen LogP contribution in [-0.2, 0) is 0 Å². The smallest absolute Gasteiger partial charge is 0.235 e. The fourth-order valence-corrected chi connectivity index (χ4v) is 15.2. The number of fused-ring (bicyclic) bond motifs is 20. The minimum atomic E-state index is 0.662. The summed E-state index contributed by atoms with van der Waals surface area (Å²) in [6.45, 7) is 0. The van der Waals surface area contributed by atoms with Crippen molar-refractivity contribution in [2.45, 2.75) is 0 Å². The summed E-state index contributed by atoms with van der Waals surface area (Å²) < 4.78 is 10.3. The first-order valence-corrected chi connectivity index (χ1v) is 32.1. The number of nitrogens with zero attached hydrogens (tertiary/aromatic N) is 8. The topological polar surface area (TPSA) is 71.3 Å². The summed E-state index contributed by atoms with van der Waals surface area (Å²) in [7, 11) is 0. The van der Waals surface area contributed by atoms with E-state index in [-0.39, 0.29) is 0 Å². The average Bonchev–Trinajstić information content (AvgIpc) is 1.56. The van der Waals surface area contributed by atoms with Crippen LogP contribution in [-0.4, -0.2) is 38.2 Å². The lowest BCUT2D eigenvalue weighted by atomic mass is 9.98. The molecule has 0 unspecified atom stereocenters. The number of hydrogen-bond acceptors (Lipinski definition) is 4. The van der Waals surface area contributed by atoms with E-state index in [9.17, 15) is 0 Å². The zero-order valence-electron chi connectivity index (χ0n) is 49.9. The molecule has 20 rings (SSSR count). The lowest BCUT2D eigenvalue weighted by Crippen LogP contribution is -2.03. The molecule has 0 aliphatic carbocycles. The maximum absolute atomic E-state index is 5.30. The summed E-state index contributed by atoms with van der Waals surface area (Å²) in [5.41, 5.74) is 17.2. The van der Waals surface area contributed by atoms with Gasteiger partial charge in [-0.3, -0.25) is 9.13 Å². The van der Waals surface area contributed by atoms with Gasteiger partial charge in [-0.25, -0.2) is 19.9 Å². The van der Waals surface area contributed by atoms with Crippen molar-refractivity contribution in [3.63, 3.8) is 0 Å². The molecule has 0 aliphatic rings. The second-order valence-electron chi connectivity index (χ2n) is 23.8. The number of rotatable bonds is 6. The maximum Gasteiger partial charge on any atom is 0.235 e. The third-order valence-electron chi connectivity index (χ3n) is 18.7. The second-order valence-corrected chi connectivity index (χ2v) is 24.7. The molecule has 0 saturated carbocycles. The van der Waals surface area contributed by atoms with Crippen molar-refractivity contribution in [3.05, 3.63) is 314 Å². The number of benzene rings is 14. The van der Waals surface area contributed by atoms with Gasteiger partial charge in [0.25, 0.3) is 0 Å². The van der Waals surface area contributed by atoms with Gasteiger partial charge in [0.15, 0.2) is 0 Å². The fraction of sp³-hybridized carbons (Fsp3) is 0. The van der Waals surface area contributed by atoms with Crippen LogP contribution >= 0.6 is 15.9 Å². The molecule has 0 amide bonds. The van der Waals surface area contributed by atoms with Gasteiger partial charge >= 0.3 is 0 Å². The van der Waals surface area contributed by atoms with E-state index < -0.39 is 0 Å². The van der Waals surface area contributed by atoms with Gasteiger partial charge in [0.1, 0.15) is 0 Å². The van der Waals surface area contributed by atoms with E-state index in [1.165, 1.54) is 86.7 Å². The molecule has 0 fully saturated rings. The summed E-state index contributed by atoms with van der Waals surface area (Å²) in [5.74, 6) is 1.33. The van der Waals surface area contributed by atoms with E-state index in [1.807, 2.05) is 24.3 Å². The molecule has 93 heavy (non-hydrogen) atoms. The molecular weight excluding hydrogens is 1200 g/mol. The Bertz CT molecular complexity index is 6430. The Morgan fingerprint density at radius 1 is 0.226 bits per heavy atom. The van der Waals surface area contributed by atoms with Crippen LogP contribution in [0, 0.1) is 0 Å². The molecule has 6 heterocycles. The van der Waals surface area contributed by atoms with Crippen LogP contribution in [0.1, 0.15) is 0 Å². The van der Waals surface area contributed by atoms with Crippen molar-refractivity contribution in [2.75, 3.05) is 0 Å². The first kappa shape index (κ1) is 52.9. The van der Waals surface area contributed by atoms with E-state index >= 15 is 0 Å². The molecule has 0 aliphatic heterocycles. The highest BCUT2D eigenvalue weighted by molar-refractivity contribution is 9.10. The molecule has 8 nitrogen and oxygen atoms in total. The third-order valence-corrected chi connectivity index (χ3v) is 19.2. The number of aromatic nitrogens is 8. The highest BCUT2D eigenvalue weighted by Gasteiger charge is 2.25. The van der Waals surface area contributed by atoms with Crippen LogP contribution in [0.25, 0.3) is 176 Å². The zero-order valence-corrected chi connectivity index (χ0v) is 51.5. The molecular formula is C84H51BrN8. The largest absolute Gasteiger partial charge is 0.309 e. The van der Waals surface area contributed by atoms with E-state index in [1.54, 1.807) is 0 Å². The van der Waals surface area contributed by atoms with E-state index in [2.05, 4.69) is 319 Å². The monoisotopic (exact) mass is 1250 g/mol. The Morgan fingerprint density at radius 3 is 0.957 bits per heavy atom. The Morgan fingerprint density at radius 2 is 0.538 bits per heavy atom. The molecule has 20 aromatic rings. The van der Waals surface area contributed by atoms with Crippen molar-refractivity contribution in [3.8, 4) is 45.8 Å². The van der Waals surface area contributed by atoms with Gasteiger partial charge in [0, 0.05) is 91.6 Å². The summed E-state index contributed by atoms with van der Waals surface area (Å²) in [6.07, 6.45) is 0. The van der Waals surface area contributed by atoms with Crippen molar-refractivity contribution >= 4 is 147 Å². The van der Waals surface area contributed by atoms with E-state index in [0.717, 1.165) is 82.2 Å². The second kappa shape index (κ2) is 21.0. The van der Waals surface area contributed by atoms with Gasteiger partial charge in [0.05, 0.1) is 66.6 Å². The van der Waals surface area contributed by atoms with Gasteiger partial charge in [-0.1, -0.05) is 228 Å². The highest BCUT2D eigenvalue weighted by Crippen LogP contribution is 2.47. The molecule has 0 bridgehead atoms. The Hall–Kier alpha value is -12.0. The first-order chi connectivity index (χ1) is 46.1. The van der Waals surface area contributed by atoms with Crippen LogP contribution in [0.2, 0.25) is 0 Å². The Labute approximate surface area is 540 Å². The lowest BCUT2D eigenvalue weighted by molar-refractivity contribution is 1.01. The summed E-state index contributed by atoms with van der Waals surface area (Å²) in [6, 6.07) is 109. The van der Waals surface area contributed by atoms with Crippen molar-refractivity contribution < 1.29 is 0 Å². The third kappa shape index (κ3) is 8.17. The van der Waals surface area contributed by atoms with Crippen LogP contribution < -0.4 is 0 Å². The molecule has 434 valence electrons. The molecule has 14 aromatic carbocycles. The Kier molecular flexibility index (Phi) is 12.0. The lowest BCUT2D eigenvalue weighted by Gasteiger charge is -2.12. The van der Waals surface area contributed by atoms with Gasteiger partial charge < -0.3 is 9.13 Å². The van der Waals surface area contributed by atoms with Crippen LogP contribution in [0.5, 0.6) is 0 Å². The molecule has 9 heteroatoms. The molecule has 6 aromatic heterocycles. The molecule has 0 atom stereocenters. The SMILES string of the molecule is Brc1ccc2c(c1)c1c3c(ccc1n2-c1ccccc1)ccc1c3c2ccccc2n1-c1nc(-c2ccccc2)c2ccccc2n1.c1ccc(-c2nc(-n3c4ccccc4c4c5c(ccc6c5c5ccccc5n6-c5ccccc5)ccc43)nc3ccccc23)cc1. The molecule has 0 saturated heterocycles. The average molecular weight is 1250 g/mol. The normalized spacial score (nSPS) is 11.9. The van der Waals surface area contributed by atoms with E-state index in [4.69, 9.17) is 19.9 Å². The summed E-state index contributed by atoms with van der Waals surface area (Å²) in [4.78, 5) is 21.0. The minimum absolute atomic E-state index is 0.662. The van der Waals surface area contributed by atoms with Crippen molar-refractivity contribution in [1.82, 2.24) is 38.2 Å². The quantitative estimate of drug-likeness (QED) is 0.166. The van der Waals surface area contributed by atoms with Gasteiger partial charge in [-0.15, -0.1) is 0 Å². The standard InChI is InChI=1S/C42H25BrN4.C42H26N4/c43-28-21-24-35-32(25-28)40-36(46(35)29-13-5-2-6-14-29)22-19-26-20-23-37-39(38(26)40)31-16-8-10-18-34(31)47(37)42-44-33-17-9-7-15-30(33)41(45-42)27-11-3-1-4-12-27;1-3-13-28(14-4-1)41-30-17-7-10-20-33(30)43-42(44-41)46-35-22-12-9-19-32(35)40-37(46)26-24-27-23-25-36-39(38(27)40)31-18-8-11-21-34(31)45(36)29-15-5-2-6-16-29/h1-25H;1-26H. The van der Waals surface area contributed by atoms with Crippen LogP contribution in [0.15, 0.2) is 314 Å². The predicted octanol–water partition coefficient (Wildman–Crippen LogP) is 22.1. The molecule has 0 spiro atoms. The predicted molar refractivity (Wildman–Crippen MR) is 390 cm³/mol. The number of para-hydroxylation sites is 7. The van der Waals surface area contributed by atoms with Crippen LogP contribution in [0.4, 0.5) is 0 Å². The Balaban J connectivity index is 0.000000133. The fourth-order valence-electron chi connectivity index (χ4n) is 14.8. The van der Waals surface area contributed by atoms with Gasteiger partial charge in [-0.2, -0.15) is 0 Å².